The van der Waals surface area contributed by atoms with Crippen LogP contribution in [0.4, 0.5) is 0 Å². The molecular weight excluding hydrogens is 172 g/mol. The lowest BCUT2D eigenvalue weighted by atomic mass is 10.1. The number of nitrogens with zero attached hydrogens (tertiary/aromatic N) is 2. The van der Waals surface area contributed by atoms with Gasteiger partial charge in [-0.15, -0.1) is 0 Å². The quantitative estimate of drug-likeness (QED) is 0.653. The first-order valence-electron chi connectivity index (χ1n) is 4.57. The van der Waals surface area contributed by atoms with Crippen LogP contribution in [-0.4, -0.2) is 11.5 Å². The monoisotopic (exact) mass is 182 g/mol. The van der Waals surface area contributed by atoms with E-state index >= 15 is 0 Å². The molecule has 14 heavy (non-hydrogen) atoms. The highest BCUT2D eigenvalue weighted by atomic mass is 14.7. The molecule has 1 heterocycles. The third-order valence-corrected chi connectivity index (χ3v) is 2.16. The Balaban J connectivity index is 2.37. The molecular formula is C12H10N2. The molecule has 1 aromatic heterocycles. The average Bonchev–Trinajstić information content (AvgIpc) is 2.26. The van der Waals surface area contributed by atoms with Gasteiger partial charge in [-0.1, -0.05) is 18.2 Å². The van der Waals surface area contributed by atoms with Gasteiger partial charge >= 0.3 is 0 Å². The van der Waals surface area contributed by atoms with E-state index in [-0.39, 0.29) is 0 Å². The van der Waals surface area contributed by atoms with E-state index in [9.17, 15) is 0 Å². The molecule has 68 valence electrons. The number of hydrogen-bond acceptors (Lipinski definition) is 1. The van der Waals surface area contributed by atoms with Crippen molar-refractivity contribution in [3.8, 4) is 0 Å². The van der Waals surface area contributed by atoms with Gasteiger partial charge in [0.2, 0.25) is 6.54 Å². The van der Waals surface area contributed by atoms with Crippen molar-refractivity contribution in [1.29, 1.82) is 0 Å². The lowest BCUT2D eigenvalue weighted by Gasteiger charge is -1.98. The Labute approximate surface area is 83.0 Å². The lowest BCUT2D eigenvalue weighted by molar-refractivity contribution is 1.07. The number of pyridine rings is 1. The molecule has 0 aliphatic rings. The fraction of sp³-hybridized carbons (Fsp3) is 0.167. The first kappa shape index (κ1) is 8.71. The zero-order valence-electron chi connectivity index (χ0n) is 7.77. The highest BCUT2D eigenvalue weighted by Crippen LogP contribution is 2.12. The summed E-state index contributed by atoms with van der Waals surface area (Å²) in [6, 6.07) is 10.1. The minimum absolute atomic E-state index is 0.542. The zero-order chi connectivity index (χ0) is 9.80. The van der Waals surface area contributed by atoms with E-state index in [2.05, 4.69) is 15.9 Å². The van der Waals surface area contributed by atoms with E-state index in [1.165, 1.54) is 0 Å². The second-order valence-electron chi connectivity index (χ2n) is 3.17. The van der Waals surface area contributed by atoms with Crippen LogP contribution < -0.4 is 0 Å². The Bertz CT molecular complexity index is 483. The number of benzene rings is 1. The average molecular weight is 182 g/mol. The van der Waals surface area contributed by atoms with Crippen LogP contribution in [0.5, 0.6) is 0 Å². The number of hydrogen-bond donors (Lipinski definition) is 0. The van der Waals surface area contributed by atoms with Crippen molar-refractivity contribution in [2.24, 2.45) is 0 Å². The third-order valence-electron chi connectivity index (χ3n) is 2.16. The van der Waals surface area contributed by atoms with Gasteiger partial charge in [0.25, 0.3) is 0 Å². The fourth-order valence-corrected chi connectivity index (χ4v) is 1.44. The van der Waals surface area contributed by atoms with Crippen LogP contribution in [0.1, 0.15) is 5.56 Å². The van der Waals surface area contributed by atoms with Crippen LogP contribution in [0.2, 0.25) is 0 Å². The van der Waals surface area contributed by atoms with Gasteiger partial charge in [0.05, 0.1) is 5.52 Å². The van der Waals surface area contributed by atoms with Gasteiger partial charge in [0.15, 0.2) is 0 Å². The van der Waals surface area contributed by atoms with Crippen LogP contribution in [0.3, 0.4) is 0 Å². The predicted octanol–water partition coefficient (Wildman–Crippen LogP) is 2.70. The largest absolute Gasteiger partial charge is 0.317 e. The Morgan fingerprint density at radius 3 is 3.00 bits per heavy atom. The zero-order valence-corrected chi connectivity index (χ0v) is 7.77. The fourth-order valence-electron chi connectivity index (χ4n) is 1.44. The van der Waals surface area contributed by atoms with Crippen LogP contribution >= 0.6 is 0 Å². The molecule has 0 saturated heterocycles. The second kappa shape index (κ2) is 3.89. The molecule has 0 saturated carbocycles. The molecule has 2 aromatic rings. The van der Waals surface area contributed by atoms with Crippen LogP contribution in [0.15, 0.2) is 36.5 Å². The van der Waals surface area contributed by atoms with Crippen molar-refractivity contribution in [2.75, 3.05) is 6.54 Å². The maximum absolute atomic E-state index is 6.72. The smallest absolute Gasteiger partial charge is 0.218 e. The van der Waals surface area contributed by atoms with Crippen molar-refractivity contribution >= 4 is 10.9 Å². The highest BCUT2D eigenvalue weighted by Gasteiger charge is 1.97. The Kier molecular flexibility index (Phi) is 2.42. The normalized spacial score (nSPS) is 9.93. The molecule has 0 N–H and O–H groups in total. The van der Waals surface area contributed by atoms with E-state index in [0.717, 1.165) is 22.9 Å². The summed E-state index contributed by atoms with van der Waals surface area (Å²) in [7, 11) is 0. The predicted molar refractivity (Wildman–Crippen MR) is 56.9 cm³/mol. The Morgan fingerprint density at radius 2 is 2.14 bits per heavy atom. The third kappa shape index (κ3) is 1.72. The molecule has 0 aliphatic heterocycles. The minimum Gasteiger partial charge on any atom is -0.317 e. The molecule has 2 heteroatoms. The molecule has 0 atom stereocenters. The summed E-state index contributed by atoms with van der Waals surface area (Å²) < 4.78 is 0. The van der Waals surface area contributed by atoms with Crippen molar-refractivity contribution in [3.05, 3.63) is 53.5 Å². The molecule has 0 unspecified atom stereocenters. The lowest BCUT2D eigenvalue weighted by Crippen LogP contribution is -1.89. The molecule has 0 radical (unpaired) electrons. The summed E-state index contributed by atoms with van der Waals surface area (Å²) in [6.45, 7) is 7.26. The molecule has 0 fully saturated rings. The van der Waals surface area contributed by atoms with E-state index in [1.807, 2.05) is 30.5 Å². The van der Waals surface area contributed by atoms with Crippen LogP contribution in [0.25, 0.3) is 15.7 Å². The van der Waals surface area contributed by atoms with E-state index < -0.39 is 0 Å². The first-order chi connectivity index (χ1) is 6.90. The molecule has 0 amide bonds. The van der Waals surface area contributed by atoms with Gasteiger partial charge in [-0.05, 0) is 17.7 Å². The van der Waals surface area contributed by atoms with Crippen LogP contribution in [-0.2, 0) is 6.42 Å². The number of rotatable bonds is 2. The number of aromatic nitrogens is 1. The standard InChI is InChI=1S/C12H10N2/c1-13-7-6-10-8-11-4-2-3-5-12(11)14-9-10/h2-5,8-9H,6-7H2. The second-order valence-corrected chi connectivity index (χ2v) is 3.17. The van der Waals surface area contributed by atoms with Crippen LogP contribution in [0, 0.1) is 6.57 Å². The summed E-state index contributed by atoms with van der Waals surface area (Å²) in [4.78, 5) is 7.66. The van der Waals surface area contributed by atoms with Gasteiger partial charge in [-0.3, -0.25) is 4.98 Å². The number of fused-ring (bicyclic) bond motifs is 1. The molecule has 2 rings (SSSR count). The molecule has 0 bridgehead atoms. The van der Waals surface area contributed by atoms with Gasteiger partial charge in [-0.2, -0.15) is 0 Å². The van der Waals surface area contributed by atoms with Crippen molar-refractivity contribution in [1.82, 2.24) is 4.98 Å². The Morgan fingerprint density at radius 1 is 1.29 bits per heavy atom. The number of para-hydroxylation sites is 1. The first-order valence-corrected chi connectivity index (χ1v) is 4.57. The summed E-state index contributed by atoms with van der Waals surface area (Å²) in [5.74, 6) is 0. The highest BCUT2D eigenvalue weighted by molar-refractivity contribution is 5.78. The molecule has 0 spiro atoms. The molecule has 0 aliphatic carbocycles. The summed E-state index contributed by atoms with van der Waals surface area (Å²) in [6.07, 6.45) is 2.65. The van der Waals surface area contributed by atoms with Gasteiger partial charge in [0.1, 0.15) is 0 Å². The maximum Gasteiger partial charge on any atom is 0.218 e. The minimum atomic E-state index is 0.542. The maximum atomic E-state index is 6.72. The van der Waals surface area contributed by atoms with Gasteiger partial charge in [0, 0.05) is 18.0 Å². The van der Waals surface area contributed by atoms with E-state index in [4.69, 9.17) is 6.57 Å². The van der Waals surface area contributed by atoms with Crippen molar-refractivity contribution < 1.29 is 0 Å². The van der Waals surface area contributed by atoms with E-state index in [1.54, 1.807) is 0 Å². The van der Waals surface area contributed by atoms with Crippen molar-refractivity contribution in [3.63, 3.8) is 0 Å². The summed E-state index contributed by atoms with van der Waals surface area (Å²) in [5, 5.41) is 1.15. The SMILES string of the molecule is [C-]#[N+]CCc1cnc2ccccc2c1. The molecule has 2 nitrogen and oxygen atoms in total. The summed E-state index contributed by atoms with van der Waals surface area (Å²) >= 11 is 0. The van der Waals surface area contributed by atoms with Gasteiger partial charge < -0.3 is 4.85 Å². The van der Waals surface area contributed by atoms with E-state index in [0.29, 0.717) is 6.54 Å². The topological polar surface area (TPSA) is 17.2 Å². The Hall–Kier alpha value is -1.88. The van der Waals surface area contributed by atoms with Gasteiger partial charge in [-0.25, -0.2) is 6.57 Å². The molecule has 1 aromatic carbocycles. The summed E-state index contributed by atoms with van der Waals surface area (Å²) in [5.41, 5.74) is 2.15. The van der Waals surface area contributed by atoms with Crippen molar-refractivity contribution in [2.45, 2.75) is 6.42 Å².